The molecule has 226 valence electrons. The Morgan fingerprint density at radius 2 is 1.68 bits per heavy atom. The van der Waals surface area contributed by atoms with Gasteiger partial charge < -0.3 is 43.2 Å². The standard InChI is InChI=1S/C27H42N8O5S/c1-15(2)22(35-23(36)18(28)10-12-41-3)25(38)33-20(9-6-11-31-27(29)30)24(37)34-21(26(39)40)13-16-14-32-19-8-5-4-7-17(16)19/h4-5,7-8,14-15,18,20-22,32H,6,9-13,28H2,1-3H3,(H,33,38)(H,34,37)(H,35,36)(H,39,40)(H4,29,30,31). The van der Waals surface area contributed by atoms with E-state index in [9.17, 15) is 24.3 Å². The lowest BCUT2D eigenvalue weighted by atomic mass is 10.0. The highest BCUT2D eigenvalue weighted by Gasteiger charge is 2.31. The van der Waals surface area contributed by atoms with E-state index in [-0.39, 0.29) is 31.3 Å². The minimum Gasteiger partial charge on any atom is -0.480 e. The van der Waals surface area contributed by atoms with Gasteiger partial charge in [0.2, 0.25) is 17.7 Å². The first-order valence-corrected chi connectivity index (χ1v) is 14.8. The molecular formula is C27H42N8O5S. The zero-order chi connectivity index (χ0) is 30.5. The fourth-order valence-corrected chi connectivity index (χ4v) is 4.69. The van der Waals surface area contributed by atoms with Gasteiger partial charge in [-0.2, -0.15) is 11.8 Å². The van der Waals surface area contributed by atoms with E-state index in [2.05, 4.69) is 25.9 Å². The van der Waals surface area contributed by atoms with Crippen LogP contribution >= 0.6 is 11.8 Å². The van der Waals surface area contributed by atoms with Crippen molar-refractivity contribution in [3.63, 3.8) is 0 Å². The Balaban J connectivity index is 2.19. The normalized spacial score (nSPS) is 14.1. The van der Waals surface area contributed by atoms with Gasteiger partial charge in [0.05, 0.1) is 6.04 Å². The van der Waals surface area contributed by atoms with E-state index in [1.54, 1.807) is 31.8 Å². The molecule has 11 N–H and O–H groups in total. The number of carboxylic acids is 1. The third-order valence-electron chi connectivity index (χ3n) is 6.51. The molecule has 2 aromatic rings. The van der Waals surface area contributed by atoms with Crippen LogP contribution in [0.25, 0.3) is 10.9 Å². The number of nitrogens with one attached hydrogen (secondary N) is 4. The van der Waals surface area contributed by atoms with Crippen LogP contribution in [0.5, 0.6) is 0 Å². The summed E-state index contributed by atoms with van der Waals surface area (Å²) in [5.41, 5.74) is 18.3. The monoisotopic (exact) mass is 590 g/mol. The summed E-state index contributed by atoms with van der Waals surface area (Å²) < 4.78 is 0. The lowest BCUT2D eigenvalue weighted by Gasteiger charge is -2.27. The number of aromatic amines is 1. The number of amides is 3. The second-order valence-electron chi connectivity index (χ2n) is 10.1. The van der Waals surface area contributed by atoms with E-state index in [4.69, 9.17) is 17.2 Å². The molecule has 0 aliphatic carbocycles. The highest BCUT2D eigenvalue weighted by molar-refractivity contribution is 7.98. The molecular weight excluding hydrogens is 548 g/mol. The molecule has 0 fully saturated rings. The van der Waals surface area contributed by atoms with Crippen molar-refractivity contribution in [3.05, 3.63) is 36.0 Å². The maximum atomic E-state index is 13.4. The molecule has 0 spiro atoms. The van der Waals surface area contributed by atoms with Gasteiger partial charge in [-0.1, -0.05) is 32.0 Å². The first kappa shape index (κ1) is 33.4. The Bertz CT molecular complexity index is 1210. The fraction of sp³-hybridized carbons (Fsp3) is 0.519. The molecule has 0 saturated carbocycles. The van der Waals surface area contributed by atoms with E-state index >= 15 is 0 Å². The topological polar surface area (TPSA) is 231 Å². The number of guanidine groups is 1. The van der Waals surface area contributed by atoms with Gasteiger partial charge in [-0.3, -0.25) is 19.4 Å². The number of aliphatic carboxylic acids is 1. The predicted octanol–water partition coefficient (Wildman–Crippen LogP) is 0.0394. The van der Waals surface area contributed by atoms with E-state index in [1.807, 2.05) is 30.5 Å². The Kier molecular flexibility index (Phi) is 13.4. The molecule has 14 heteroatoms. The molecule has 3 amide bonds. The number of carbonyl (C=O) groups is 4. The number of H-pyrrole nitrogens is 1. The molecule has 4 unspecified atom stereocenters. The van der Waals surface area contributed by atoms with Crippen LogP contribution in [0.15, 0.2) is 35.5 Å². The maximum Gasteiger partial charge on any atom is 0.326 e. The van der Waals surface area contributed by atoms with Gasteiger partial charge in [0.15, 0.2) is 5.96 Å². The van der Waals surface area contributed by atoms with Crippen LogP contribution in [0.3, 0.4) is 0 Å². The molecule has 2 rings (SSSR count). The van der Waals surface area contributed by atoms with Crippen molar-refractivity contribution in [1.29, 1.82) is 0 Å². The zero-order valence-corrected chi connectivity index (χ0v) is 24.5. The predicted molar refractivity (Wildman–Crippen MR) is 161 cm³/mol. The van der Waals surface area contributed by atoms with E-state index in [0.29, 0.717) is 18.6 Å². The molecule has 0 bridgehead atoms. The van der Waals surface area contributed by atoms with Crippen molar-refractivity contribution < 1.29 is 24.3 Å². The molecule has 0 radical (unpaired) electrons. The summed E-state index contributed by atoms with van der Waals surface area (Å²) in [4.78, 5) is 58.4. The number of hydrogen-bond acceptors (Lipinski definition) is 7. The molecule has 1 aromatic heterocycles. The summed E-state index contributed by atoms with van der Waals surface area (Å²) >= 11 is 1.56. The second-order valence-corrected chi connectivity index (χ2v) is 11.1. The van der Waals surface area contributed by atoms with Gasteiger partial charge in [0.25, 0.3) is 0 Å². The van der Waals surface area contributed by atoms with E-state index in [1.165, 1.54) is 0 Å². The highest BCUT2D eigenvalue weighted by atomic mass is 32.2. The smallest absolute Gasteiger partial charge is 0.326 e. The molecule has 1 heterocycles. The van der Waals surface area contributed by atoms with Crippen molar-refractivity contribution in [2.75, 3.05) is 18.6 Å². The van der Waals surface area contributed by atoms with Gasteiger partial charge in [-0.05, 0) is 48.8 Å². The lowest BCUT2D eigenvalue weighted by molar-refractivity contribution is -0.142. The Hall–Kier alpha value is -3.78. The average Bonchev–Trinajstić information content (AvgIpc) is 3.33. The number of para-hydroxylation sites is 1. The largest absolute Gasteiger partial charge is 0.480 e. The number of hydrogen-bond donors (Lipinski definition) is 8. The highest BCUT2D eigenvalue weighted by Crippen LogP contribution is 2.19. The summed E-state index contributed by atoms with van der Waals surface area (Å²) in [7, 11) is 0. The third kappa shape index (κ3) is 10.6. The zero-order valence-electron chi connectivity index (χ0n) is 23.7. The molecule has 41 heavy (non-hydrogen) atoms. The SMILES string of the molecule is CSCCC(N)C(=O)NC(C(=O)NC(CCCN=C(N)N)C(=O)NC(Cc1c[nH]c2ccccc12)C(=O)O)C(C)C. The first-order valence-electron chi connectivity index (χ1n) is 13.4. The maximum absolute atomic E-state index is 13.4. The molecule has 1 aromatic carbocycles. The third-order valence-corrected chi connectivity index (χ3v) is 7.15. The number of fused-ring (bicyclic) bond motifs is 1. The van der Waals surface area contributed by atoms with Crippen LogP contribution in [0.1, 0.15) is 38.7 Å². The number of rotatable bonds is 17. The van der Waals surface area contributed by atoms with Crippen LogP contribution in [-0.2, 0) is 25.6 Å². The van der Waals surface area contributed by atoms with Crippen molar-refractivity contribution in [1.82, 2.24) is 20.9 Å². The van der Waals surface area contributed by atoms with Gasteiger partial charge in [-0.25, -0.2) is 4.79 Å². The lowest BCUT2D eigenvalue weighted by Crippen LogP contribution is -2.58. The van der Waals surface area contributed by atoms with Crippen molar-refractivity contribution in [3.8, 4) is 0 Å². The van der Waals surface area contributed by atoms with Gasteiger partial charge in [-0.15, -0.1) is 0 Å². The Morgan fingerprint density at radius 1 is 1.00 bits per heavy atom. The van der Waals surface area contributed by atoms with Crippen LogP contribution < -0.4 is 33.2 Å². The Morgan fingerprint density at radius 3 is 2.32 bits per heavy atom. The van der Waals surface area contributed by atoms with Crippen LogP contribution in [0.2, 0.25) is 0 Å². The molecule has 13 nitrogen and oxygen atoms in total. The van der Waals surface area contributed by atoms with Crippen LogP contribution in [-0.4, -0.2) is 82.5 Å². The van der Waals surface area contributed by atoms with Gasteiger partial charge in [0.1, 0.15) is 18.1 Å². The summed E-state index contributed by atoms with van der Waals surface area (Å²) in [6.07, 6.45) is 4.54. The van der Waals surface area contributed by atoms with E-state index in [0.717, 1.165) is 16.5 Å². The van der Waals surface area contributed by atoms with Crippen molar-refractivity contribution in [2.45, 2.75) is 63.7 Å². The quantitative estimate of drug-likeness (QED) is 0.0705. The summed E-state index contributed by atoms with van der Waals surface area (Å²) in [5, 5.41) is 18.7. The Labute approximate surface area is 243 Å². The first-order chi connectivity index (χ1) is 19.4. The number of nitrogens with two attached hydrogens (primary N) is 3. The molecule has 0 saturated heterocycles. The molecule has 0 aliphatic rings. The number of carboxylic acid groups (broad SMARTS) is 1. The minimum atomic E-state index is -1.26. The number of aliphatic imine (C=N–C) groups is 1. The van der Waals surface area contributed by atoms with Gasteiger partial charge >= 0.3 is 5.97 Å². The van der Waals surface area contributed by atoms with Crippen molar-refractivity contribution in [2.24, 2.45) is 28.1 Å². The molecule has 4 atom stereocenters. The van der Waals surface area contributed by atoms with E-state index < -0.39 is 47.9 Å². The minimum absolute atomic E-state index is 0.0262. The van der Waals surface area contributed by atoms with Crippen LogP contribution in [0.4, 0.5) is 0 Å². The second kappa shape index (κ2) is 16.5. The van der Waals surface area contributed by atoms with Gasteiger partial charge in [0, 0.05) is 30.1 Å². The number of nitrogens with zero attached hydrogens (tertiary/aromatic N) is 1. The number of benzene rings is 1. The fourth-order valence-electron chi connectivity index (χ4n) is 4.20. The van der Waals surface area contributed by atoms with Crippen LogP contribution in [0, 0.1) is 5.92 Å². The van der Waals surface area contributed by atoms with Crippen molar-refractivity contribution >= 4 is 52.3 Å². The summed E-state index contributed by atoms with van der Waals surface area (Å²) in [5.74, 6) is -2.69. The number of aromatic nitrogens is 1. The number of thioether (sulfide) groups is 1. The summed E-state index contributed by atoms with van der Waals surface area (Å²) in [6, 6.07) is 3.33. The average molecular weight is 591 g/mol. The summed E-state index contributed by atoms with van der Waals surface area (Å²) in [6.45, 7) is 3.72. The number of carbonyl (C=O) groups excluding carboxylic acids is 3. The molecule has 0 aliphatic heterocycles.